The Morgan fingerprint density at radius 3 is 2.73 bits per heavy atom. The predicted molar refractivity (Wildman–Crippen MR) is 81.3 cm³/mol. The van der Waals surface area contributed by atoms with Gasteiger partial charge in [0.1, 0.15) is 17.5 Å². The Hall–Kier alpha value is -2.11. The number of aromatic nitrogens is 3. The van der Waals surface area contributed by atoms with Crippen molar-refractivity contribution in [1.29, 1.82) is 0 Å². The third kappa shape index (κ3) is 2.53. The third-order valence-electron chi connectivity index (χ3n) is 4.29. The average Bonchev–Trinajstić information content (AvgIpc) is 3.17. The van der Waals surface area contributed by atoms with Crippen LogP contribution >= 0.6 is 0 Å². The Labute approximate surface area is 130 Å². The monoisotopic (exact) mass is 302 g/mol. The average molecular weight is 302 g/mol. The van der Waals surface area contributed by atoms with Gasteiger partial charge in [0.05, 0.1) is 11.7 Å². The van der Waals surface area contributed by atoms with Gasteiger partial charge in [0.15, 0.2) is 0 Å². The van der Waals surface area contributed by atoms with E-state index in [0.29, 0.717) is 0 Å². The number of hydrogen-bond donors (Lipinski definition) is 0. The van der Waals surface area contributed by atoms with Crippen molar-refractivity contribution in [2.24, 2.45) is 0 Å². The van der Waals surface area contributed by atoms with E-state index < -0.39 is 0 Å². The number of rotatable bonds is 3. The molecular formula is C16H22N4O2. The van der Waals surface area contributed by atoms with E-state index in [1.807, 2.05) is 44.7 Å². The van der Waals surface area contributed by atoms with Crippen LogP contribution in [0.4, 0.5) is 0 Å². The van der Waals surface area contributed by atoms with Crippen molar-refractivity contribution >= 4 is 5.91 Å². The standard InChI is InChI=1S/C16H22N4O2/c1-10-8-11(2)20(17-10)13(4)16(21)19-7-5-6-15(19)14-9-12(3)22-18-14/h8-9,13,15H,5-7H2,1-4H3/t13-,15-/m0/s1. The van der Waals surface area contributed by atoms with Crippen LogP contribution in [0.25, 0.3) is 0 Å². The van der Waals surface area contributed by atoms with E-state index >= 15 is 0 Å². The van der Waals surface area contributed by atoms with Crippen LogP contribution in [0.5, 0.6) is 0 Å². The molecule has 118 valence electrons. The summed E-state index contributed by atoms with van der Waals surface area (Å²) < 4.78 is 6.97. The lowest BCUT2D eigenvalue weighted by atomic mass is 10.1. The van der Waals surface area contributed by atoms with Gasteiger partial charge in [-0.05, 0) is 46.6 Å². The fraction of sp³-hybridized carbons (Fsp3) is 0.562. The minimum absolute atomic E-state index is 0.0179. The molecular weight excluding hydrogens is 280 g/mol. The van der Waals surface area contributed by atoms with Crippen LogP contribution in [0.2, 0.25) is 0 Å². The second-order valence-corrected chi connectivity index (χ2v) is 6.10. The SMILES string of the molecule is Cc1cc(C)n([C@@H](C)C(=O)N2CCC[C@H]2c2cc(C)on2)n1. The molecule has 1 fully saturated rings. The Kier molecular flexibility index (Phi) is 3.76. The molecule has 0 unspecified atom stereocenters. The smallest absolute Gasteiger partial charge is 0.247 e. The van der Waals surface area contributed by atoms with Crippen molar-refractivity contribution in [2.45, 2.75) is 52.6 Å². The lowest BCUT2D eigenvalue weighted by Crippen LogP contribution is -2.36. The van der Waals surface area contributed by atoms with Gasteiger partial charge in [0.25, 0.3) is 0 Å². The molecule has 0 aromatic carbocycles. The minimum atomic E-state index is -0.303. The normalized spacial score (nSPS) is 19.6. The molecule has 0 aliphatic carbocycles. The lowest BCUT2D eigenvalue weighted by molar-refractivity contribution is -0.135. The molecule has 2 atom stereocenters. The molecule has 6 heteroatoms. The van der Waals surface area contributed by atoms with E-state index in [2.05, 4.69) is 10.3 Å². The molecule has 2 aromatic heterocycles. The second-order valence-electron chi connectivity index (χ2n) is 6.10. The van der Waals surface area contributed by atoms with Gasteiger partial charge in [-0.25, -0.2) is 0 Å². The maximum atomic E-state index is 12.9. The first-order valence-corrected chi connectivity index (χ1v) is 7.74. The van der Waals surface area contributed by atoms with Crippen molar-refractivity contribution in [3.8, 4) is 0 Å². The van der Waals surface area contributed by atoms with E-state index in [1.165, 1.54) is 0 Å². The van der Waals surface area contributed by atoms with Crippen molar-refractivity contribution in [3.63, 3.8) is 0 Å². The van der Waals surface area contributed by atoms with Crippen LogP contribution in [0.3, 0.4) is 0 Å². The third-order valence-corrected chi connectivity index (χ3v) is 4.29. The molecule has 0 bridgehead atoms. The van der Waals surface area contributed by atoms with Gasteiger partial charge < -0.3 is 9.42 Å². The number of carbonyl (C=O) groups is 1. The molecule has 1 aliphatic heterocycles. The second kappa shape index (κ2) is 5.59. The van der Waals surface area contributed by atoms with Crippen LogP contribution in [-0.4, -0.2) is 32.3 Å². The maximum absolute atomic E-state index is 12.9. The zero-order valence-corrected chi connectivity index (χ0v) is 13.5. The van der Waals surface area contributed by atoms with Crippen molar-refractivity contribution < 1.29 is 9.32 Å². The fourth-order valence-electron chi connectivity index (χ4n) is 3.26. The van der Waals surface area contributed by atoms with Crippen LogP contribution in [0, 0.1) is 20.8 Å². The van der Waals surface area contributed by atoms with Crippen molar-refractivity contribution in [2.75, 3.05) is 6.54 Å². The van der Waals surface area contributed by atoms with Crippen LogP contribution in [0.15, 0.2) is 16.7 Å². The summed E-state index contributed by atoms with van der Waals surface area (Å²) in [5, 5.41) is 8.53. The first-order chi connectivity index (χ1) is 10.5. The fourth-order valence-corrected chi connectivity index (χ4v) is 3.26. The Balaban J connectivity index is 1.83. The first-order valence-electron chi connectivity index (χ1n) is 7.74. The van der Waals surface area contributed by atoms with Crippen LogP contribution in [-0.2, 0) is 4.79 Å². The van der Waals surface area contributed by atoms with Gasteiger partial charge in [-0.15, -0.1) is 0 Å². The quantitative estimate of drug-likeness (QED) is 0.874. The largest absolute Gasteiger partial charge is 0.361 e. The molecule has 0 radical (unpaired) electrons. The van der Waals surface area contributed by atoms with Gasteiger partial charge in [-0.3, -0.25) is 9.48 Å². The molecule has 1 amide bonds. The van der Waals surface area contributed by atoms with E-state index in [1.54, 1.807) is 4.68 Å². The van der Waals surface area contributed by atoms with Crippen molar-refractivity contribution in [3.05, 3.63) is 35.0 Å². The van der Waals surface area contributed by atoms with E-state index in [0.717, 1.165) is 42.2 Å². The Morgan fingerprint density at radius 2 is 2.14 bits per heavy atom. The molecule has 2 aromatic rings. The summed E-state index contributed by atoms with van der Waals surface area (Å²) in [4.78, 5) is 14.8. The van der Waals surface area contributed by atoms with Gasteiger partial charge in [-0.2, -0.15) is 5.10 Å². The predicted octanol–water partition coefficient (Wildman–Crippen LogP) is 2.72. The summed E-state index contributed by atoms with van der Waals surface area (Å²) in [5.74, 6) is 0.871. The van der Waals surface area contributed by atoms with Crippen LogP contribution < -0.4 is 0 Å². The molecule has 1 aliphatic rings. The zero-order valence-electron chi connectivity index (χ0n) is 13.5. The highest BCUT2D eigenvalue weighted by atomic mass is 16.5. The molecule has 0 saturated carbocycles. The summed E-state index contributed by atoms with van der Waals surface area (Å²) in [6.45, 7) is 8.46. The summed E-state index contributed by atoms with van der Waals surface area (Å²) >= 11 is 0. The summed E-state index contributed by atoms with van der Waals surface area (Å²) in [6.07, 6.45) is 1.92. The first kappa shape index (κ1) is 14.8. The number of likely N-dealkylation sites (tertiary alicyclic amines) is 1. The highest BCUT2D eigenvalue weighted by Crippen LogP contribution is 2.33. The molecule has 1 saturated heterocycles. The van der Waals surface area contributed by atoms with Gasteiger partial charge in [-0.1, -0.05) is 5.16 Å². The highest BCUT2D eigenvalue weighted by Gasteiger charge is 2.35. The maximum Gasteiger partial charge on any atom is 0.247 e. The molecule has 6 nitrogen and oxygen atoms in total. The Morgan fingerprint density at radius 1 is 1.36 bits per heavy atom. The number of nitrogens with zero attached hydrogens (tertiary/aromatic N) is 4. The zero-order chi connectivity index (χ0) is 15.9. The highest BCUT2D eigenvalue weighted by molar-refractivity contribution is 5.80. The summed E-state index contributed by atoms with van der Waals surface area (Å²) in [5.41, 5.74) is 2.79. The molecule has 0 spiro atoms. The summed E-state index contributed by atoms with van der Waals surface area (Å²) in [6, 6.07) is 3.63. The molecule has 22 heavy (non-hydrogen) atoms. The van der Waals surface area contributed by atoms with Gasteiger partial charge in [0, 0.05) is 18.3 Å². The number of hydrogen-bond acceptors (Lipinski definition) is 4. The topological polar surface area (TPSA) is 64.2 Å². The van der Waals surface area contributed by atoms with Gasteiger partial charge in [0.2, 0.25) is 5.91 Å². The van der Waals surface area contributed by atoms with E-state index in [4.69, 9.17) is 4.52 Å². The van der Waals surface area contributed by atoms with E-state index in [-0.39, 0.29) is 18.0 Å². The lowest BCUT2D eigenvalue weighted by Gasteiger charge is -2.26. The minimum Gasteiger partial charge on any atom is -0.361 e. The molecule has 3 rings (SSSR count). The summed E-state index contributed by atoms with van der Waals surface area (Å²) in [7, 11) is 0. The number of carbonyl (C=O) groups excluding carboxylic acids is 1. The molecule has 0 N–H and O–H groups in total. The van der Waals surface area contributed by atoms with Crippen molar-refractivity contribution in [1.82, 2.24) is 19.8 Å². The number of amides is 1. The van der Waals surface area contributed by atoms with E-state index in [9.17, 15) is 4.79 Å². The molecule has 3 heterocycles. The number of aryl methyl sites for hydroxylation is 3. The van der Waals surface area contributed by atoms with Gasteiger partial charge >= 0.3 is 0 Å². The van der Waals surface area contributed by atoms with Crippen LogP contribution in [0.1, 0.15) is 54.7 Å². The Bertz CT molecular complexity index is 688.